The average molecular weight is 455 g/mol. The van der Waals surface area contributed by atoms with E-state index < -0.39 is 16.1 Å². The largest absolute Gasteiger partial charge is 0.353 e. The predicted octanol–water partition coefficient (Wildman–Crippen LogP) is 4.16. The molecular formula is C21H27ClN2O3S2. The van der Waals surface area contributed by atoms with Gasteiger partial charge in [0.05, 0.1) is 11.9 Å². The van der Waals surface area contributed by atoms with E-state index in [9.17, 15) is 13.2 Å². The number of aryl methyl sites for hydroxylation is 2. The van der Waals surface area contributed by atoms with Crippen molar-refractivity contribution in [2.45, 2.75) is 32.6 Å². The van der Waals surface area contributed by atoms with E-state index in [1.807, 2.05) is 44.2 Å². The number of carbonyl (C=O) groups is 1. The van der Waals surface area contributed by atoms with Gasteiger partial charge in [0, 0.05) is 23.1 Å². The van der Waals surface area contributed by atoms with E-state index in [1.54, 1.807) is 30.8 Å². The van der Waals surface area contributed by atoms with Crippen LogP contribution in [0.3, 0.4) is 0 Å². The third-order valence-electron chi connectivity index (χ3n) is 4.28. The van der Waals surface area contributed by atoms with Crippen molar-refractivity contribution in [3.63, 3.8) is 0 Å². The molecule has 2 aromatic carbocycles. The lowest BCUT2D eigenvalue weighted by atomic mass is 10.1. The molecule has 0 radical (unpaired) electrons. The molecule has 8 heteroatoms. The van der Waals surface area contributed by atoms with Crippen molar-refractivity contribution in [3.05, 3.63) is 64.2 Å². The zero-order valence-electron chi connectivity index (χ0n) is 17.1. The van der Waals surface area contributed by atoms with Gasteiger partial charge in [0.25, 0.3) is 0 Å². The van der Waals surface area contributed by atoms with E-state index in [1.165, 1.54) is 4.31 Å². The lowest BCUT2D eigenvalue weighted by Gasteiger charge is -2.28. The van der Waals surface area contributed by atoms with E-state index in [2.05, 4.69) is 5.32 Å². The number of sulfonamides is 1. The zero-order valence-corrected chi connectivity index (χ0v) is 19.5. The van der Waals surface area contributed by atoms with Crippen LogP contribution in [0.25, 0.3) is 0 Å². The van der Waals surface area contributed by atoms with Crippen molar-refractivity contribution in [2.75, 3.05) is 22.9 Å². The van der Waals surface area contributed by atoms with Crippen LogP contribution in [0.15, 0.2) is 42.5 Å². The highest BCUT2D eigenvalue weighted by atomic mass is 35.5. The van der Waals surface area contributed by atoms with Gasteiger partial charge in [0.15, 0.2) is 0 Å². The van der Waals surface area contributed by atoms with Gasteiger partial charge in [-0.05, 0) is 61.7 Å². The molecule has 158 valence electrons. The fourth-order valence-electron chi connectivity index (χ4n) is 3.05. The lowest BCUT2D eigenvalue weighted by molar-refractivity contribution is -0.121. The Labute approximate surface area is 182 Å². The van der Waals surface area contributed by atoms with Crippen LogP contribution in [0.4, 0.5) is 5.69 Å². The van der Waals surface area contributed by atoms with Gasteiger partial charge in [0.2, 0.25) is 15.9 Å². The van der Waals surface area contributed by atoms with Crippen molar-refractivity contribution in [3.8, 4) is 0 Å². The number of rotatable bonds is 9. The molecule has 0 spiro atoms. The third-order valence-corrected chi connectivity index (χ3v) is 6.80. The Morgan fingerprint density at radius 3 is 2.28 bits per heavy atom. The normalized spacial score (nSPS) is 12.4. The quantitative estimate of drug-likeness (QED) is 0.577. The minimum absolute atomic E-state index is 0.318. The number of carbonyl (C=O) groups excluding carboxylic acids is 1. The second-order valence-electron chi connectivity index (χ2n) is 7.05. The van der Waals surface area contributed by atoms with Gasteiger partial charge in [0.1, 0.15) is 6.04 Å². The van der Waals surface area contributed by atoms with Gasteiger partial charge in [-0.15, -0.1) is 0 Å². The molecule has 2 rings (SSSR count). The Kier molecular flexibility index (Phi) is 8.43. The van der Waals surface area contributed by atoms with Crippen LogP contribution in [0, 0.1) is 13.8 Å². The highest BCUT2D eigenvalue weighted by molar-refractivity contribution is 7.98. The Morgan fingerprint density at radius 1 is 1.14 bits per heavy atom. The predicted molar refractivity (Wildman–Crippen MR) is 123 cm³/mol. The fraction of sp³-hybridized carbons (Fsp3) is 0.381. The number of nitrogens with zero attached hydrogens (tertiary/aromatic N) is 1. The molecule has 0 unspecified atom stereocenters. The van der Waals surface area contributed by atoms with Crippen molar-refractivity contribution >= 4 is 45.0 Å². The molecule has 0 saturated heterocycles. The zero-order chi connectivity index (χ0) is 21.6. The van der Waals surface area contributed by atoms with E-state index >= 15 is 0 Å². The van der Waals surface area contributed by atoms with E-state index in [-0.39, 0.29) is 5.91 Å². The summed E-state index contributed by atoms with van der Waals surface area (Å²) in [5.74, 6) is 1.23. The summed E-state index contributed by atoms with van der Waals surface area (Å²) in [6, 6.07) is 12.3. The van der Waals surface area contributed by atoms with Crippen molar-refractivity contribution in [1.82, 2.24) is 5.32 Å². The second-order valence-corrected chi connectivity index (χ2v) is 10.5. The summed E-state index contributed by atoms with van der Waals surface area (Å²) in [6.07, 6.45) is 1.12. The molecule has 2 aromatic rings. The first-order valence-corrected chi connectivity index (χ1v) is 12.6. The molecule has 0 aliphatic carbocycles. The number of benzene rings is 2. The van der Waals surface area contributed by atoms with Gasteiger partial charge in [-0.3, -0.25) is 9.10 Å². The molecule has 1 amide bonds. The van der Waals surface area contributed by atoms with Gasteiger partial charge in [-0.2, -0.15) is 11.8 Å². The Bertz CT molecular complexity index is 927. The van der Waals surface area contributed by atoms with Crippen LogP contribution < -0.4 is 9.62 Å². The van der Waals surface area contributed by atoms with Crippen molar-refractivity contribution < 1.29 is 13.2 Å². The lowest BCUT2D eigenvalue weighted by Crippen LogP contribution is -2.48. The monoisotopic (exact) mass is 454 g/mol. The molecule has 0 aliphatic rings. The maximum Gasteiger partial charge on any atom is 0.243 e. The summed E-state index contributed by atoms with van der Waals surface area (Å²) in [5.41, 5.74) is 3.56. The van der Waals surface area contributed by atoms with Gasteiger partial charge < -0.3 is 5.32 Å². The highest BCUT2D eigenvalue weighted by Crippen LogP contribution is 2.24. The van der Waals surface area contributed by atoms with Crippen molar-refractivity contribution in [2.24, 2.45) is 0 Å². The summed E-state index contributed by atoms with van der Waals surface area (Å²) >= 11 is 7.57. The van der Waals surface area contributed by atoms with Gasteiger partial charge >= 0.3 is 0 Å². The second kappa shape index (κ2) is 10.4. The number of amides is 1. The van der Waals surface area contributed by atoms with Crippen LogP contribution in [0.5, 0.6) is 0 Å². The summed E-state index contributed by atoms with van der Waals surface area (Å²) in [4.78, 5) is 12.6. The van der Waals surface area contributed by atoms with E-state index in [4.69, 9.17) is 11.6 Å². The summed E-state index contributed by atoms with van der Waals surface area (Å²) in [5, 5.41) is 3.55. The number of hydrogen-bond acceptors (Lipinski definition) is 4. The standard InChI is InChI=1S/C21H27ClN2O3S2/c1-15-11-16(2)13-20(12-15)24(29(4,26)27)17(3)21(25)23-9-10-28-14-18-5-7-19(22)8-6-18/h5-8,11-13,17H,9-10,14H2,1-4H3,(H,23,25)/t17-/m1/s1. The van der Waals surface area contributed by atoms with E-state index in [0.717, 1.165) is 34.5 Å². The molecule has 0 aliphatic heterocycles. The summed E-state index contributed by atoms with van der Waals surface area (Å²) in [6.45, 7) is 5.87. The molecule has 1 atom stereocenters. The number of hydrogen-bond donors (Lipinski definition) is 1. The summed E-state index contributed by atoms with van der Waals surface area (Å²) < 4.78 is 26.0. The van der Waals surface area contributed by atoms with Crippen LogP contribution in [-0.4, -0.2) is 38.9 Å². The molecule has 5 nitrogen and oxygen atoms in total. The number of halogens is 1. The molecule has 0 fully saturated rings. The Hall–Kier alpha value is -1.70. The van der Waals surface area contributed by atoms with E-state index in [0.29, 0.717) is 17.3 Å². The summed E-state index contributed by atoms with van der Waals surface area (Å²) in [7, 11) is -3.61. The molecule has 29 heavy (non-hydrogen) atoms. The van der Waals surface area contributed by atoms with Crippen LogP contribution in [0.1, 0.15) is 23.6 Å². The first-order valence-electron chi connectivity index (χ1n) is 9.25. The molecule has 0 aromatic heterocycles. The molecule has 0 saturated carbocycles. The Morgan fingerprint density at radius 2 is 1.72 bits per heavy atom. The minimum atomic E-state index is -3.61. The highest BCUT2D eigenvalue weighted by Gasteiger charge is 2.29. The maximum atomic E-state index is 12.6. The topological polar surface area (TPSA) is 66.5 Å². The van der Waals surface area contributed by atoms with Gasteiger partial charge in [-0.25, -0.2) is 8.42 Å². The maximum absolute atomic E-state index is 12.6. The average Bonchev–Trinajstić information content (AvgIpc) is 2.61. The van der Waals surface area contributed by atoms with Crippen LogP contribution in [-0.2, 0) is 20.6 Å². The minimum Gasteiger partial charge on any atom is -0.353 e. The molecule has 1 N–H and O–H groups in total. The molecule has 0 bridgehead atoms. The number of anilines is 1. The first kappa shape index (κ1) is 23.6. The Balaban J connectivity index is 1.94. The van der Waals surface area contributed by atoms with Crippen molar-refractivity contribution in [1.29, 1.82) is 0 Å². The number of thioether (sulfide) groups is 1. The number of nitrogens with one attached hydrogen (secondary N) is 1. The van der Waals surface area contributed by atoms with Crippen LogP contribution >= 0.6 is 23.4 Å². The molecular weight excluding hydrogens is 428 g/mol. The fourth-order valence-corrected chi connectivity index (χ4v) is 5.15. The first-order chi connectivity index (χ1) is 13.6. The molecule has 0 heterocycles. The smallest absolute Gasteiger partial charge is 0.243 e. The van der Waals surface area contributed by atoms with Crippen LogP contribution in [0.2, 0.25) is 5.02 Å². The third kappa shape index (κ3) is 7.24. The SMILES string of the molecule is Cc1cc(C)cc(N([C@H](C)C(=O)NCCSCc2ccc(Cl)cc2)S(C)(=O)=O)c1. The van der Waals surface area contributed by atoms with Gasteiger partial charge in [-0.1, -0.05) is 29.8 Å².